The SMILES string of the molecule is CCCCCCCCCCC[C@@H](C)Cc1cc(O)cc(OC)c1OC(C)=O. The summed E-state index contributed by atoms with van der Waals surface area (Å²) in [6, 6.07) is 3.15. The Bertz CT molecular complexity index is 554. The summed E-state index contributed by atoms with van der Waals surface area (Å²) in [6.45, 7) is 5.84. The van der Waals surface area contributed by atoms with Gasteiger partial charge in [-0.2, -0.15) is 0 Å². The molecule has 1 N–H and O–H groups in total. The van der Waals surface area contributed by atoms with E-state index < -0.39 is 0 Å². The highest BCUT2D eigenvalue weighted by Gasteiger charge is 2.17. The van der Waals surface area contributed by atoms with Crippen LogP contribution in [0.3, 0.4) is 0 Å². The van der Waals surface area contributed by atoms with Crippen molar-refractivity contribution in [2.45, 2.75) is 91.4 Å². The molecule has 0 aromatic heterocycles. The molecule has 154 valence electrons. The van der Waals surface area contributed by atoms with E-state index in [0.717, 1.165) is 18.4 Å². The fourth-order valence-corrected chi connectivity index (χ4v) is 3.49. The molecule has 1 atom stereocenters. The van der Waals surface area contributed by atoms with Crippen LogP contribution < -0.4 is 9.47 Å². The lowest BCUT2D eigenvalue weighted by molar-refractivity contribution is -0.132. The lowest BCUT2D eigenvalue weighted by Gasteiger charge is -2.17. The molecule has 0 bridgehead atoms. The van der Waals surface area contributed by atoms with E-state index in [1.165, 1.54) is 77.9 Å². The first-order valence-corrected chi connectivity index (χ1v) is 10.6. The fourth-order valence-electron chi connectivity index (χ4n) is 3.49. The van der Waals surface area contributed by atoms with Crippen LogP contribution in [-0.2, 0) is 11.2 Å². The van der Waals surface area contributed by atoms with Gasteiger partial charge in [0.25, 0.3) is 0 Å². The van der Waals surface area contributed by atoms with Crippen molar-refractivity contribution in [3.63, 3.8) is 0 Å². The molecule has 4 heteroatoms. The largest absolute Gasteiger partial charge is 0.508 e. The molecule has 0 spiro atoms. The van der Waals surface area contributed by atoms with Crippen LogP contribution in [0.2, 0.25) is 0 Å². The molecule has 1 aromatic carbocycles. The minimum atomic E-state index is -0.383. The molecule has 0 saturated carbocycles. The first-order valence-electron chi connectivity index (χ1n) is 10.6. The summed E-state index contributed by atoms with van der Waals surface area (Å²) in [5.74, 6) is 1.03. The Morgan fingerprint density at radius 2 is 1.63 bits per heavy atom. The van der Waals surface area contributed by atoms with Crippen molar-refractivity contribution < 1.29 is 19.4 Å². The number of carbonyl (C=O) groups is 1. The highest BCUT2D eigenvalue weighted by Crippen LogP contribution is 2.37. The zero-order chi connectivity index (χ0) is 20.1. The van der Waals surface area contributed by atoms with Crippen molar-refractivity contribution in [3.05, 3.63) is 17.7 Å². The minimum absolute atomic E-state index is 0.132. The number of phenols is 1. The van der Waals surface area contributed by atoms with Crippen molar-refractivity contribution in [1.82, 2.24) is 0 Å². The van der Waals surface area contributed by atoms with E-state index in [2.05, 4.69) is 13.8 Å². The van der Waals surface area contributed by atoms with Crippen molar-refractivity contribution in [2.24, 2.45) is 5.92 Å². The maximum absolute atomic E-state index is 11.4. The van der Waals surface area contributed by atoms with Crippen LogP contribution in [0.1, 0.15) is 90.5 Å². The van der Waals surface area contributed by atoms with E-state index in [0.29, 0.717) is 17.4 Å². The number of rotatable bonds is 14. The zero-order valence-electron chi connectivity index (χ0n) is 17.7. The molecular weight excluding hydrogens is 340 g/mol. The Labute approximate surface area is 165 Å². The summed E-state index contributed by atoms with van der Waals surface area (Å²) in [6.07, 6.45) is 13.8. The number of carbonyl (C=O) groups excluding carboxylic acids is 1. The van der Waals surface area contributed by atoms with E-state index in [1.54, 1.807) is 6.07 Å². The van der Waals surface area contributed by atoms with Gasteiger partial charge in [-0.3, -0.25) is 4.79 Å². The van der Waals surface area contributed by atoms with Gasteiger partial charge in [-0.05, 0) is 18.4 Å². The van der Waals surface area contributed by atoms with Crippen LogP contribution in [0.4, 0.5) is 0 Å². The van der Waals surface area contributed by atoms with E-state index in [9.17, 15) is 9.90 Å². The smallest absolute Gasteiger partial charge is 0.308 e. The predicted octanol–water partition coefficient (Wildman–Crippen LogP) is 6.43. The van der Waals surface area contributed by atoms with E-state index in [4.69, 9.17) is 9.47 Å². The number of phenolic OH excluding ortho intramolecular Hbond substituents is 1. The quantitative estimate of drug-likeness (QED) is 0.230. The number of hydrogen-bond donors (Lipinski definition) is 1. The average Bonchev–Trinajstić information content (AvgIpc) is 2.62. The normalized spacial score (nSPS) is 12.0. The lowest BCUT2D eigenvalue weighted by atomic mass is 9.94. The van der Waals surface area contributed by atoms with Gasteiger partial charge < -0.3 is 14.6 Å². The molecule has 0 aliphatic carbocycles. The van der Waals surface area contributed by atoms with Gasteiger partial charge in [-0.25, -0.2) is 0 Å². The highest BCUT2D eigenvalue weighted by atomic mass is 16.6. The molecule has 1 rings (SSSR count). The summed E-state index contributed by atoms with van der Waals surface area (Å²) in [7, 11) is 1.51. The van der Waals surface area contributed by atoms with Gasteiger partial charge in [-0.1, -0.05) is 78.1 Å². The number of esters is 1. The number of unbranched alkanes of at least 4 members (excludes halogenated alkanes) is 8. The molecule has 1 aromatic rings. The molecule has 0 fully saturated rings. The molecule has 0 amide bonds. The van der Waals surface area contributed by atoms with Gasteiger partial charge >= 0.3 is 5.97 Å². The van der Waals surface area contributed by atoms with Crippen molar-refractivity contribution in [1.29, 1.82) is 0 Å². The maximum atomic E-state index is 11.4. The summed E-state index contributed by atoms with van der Waals surface area (Å²) >= 11 is 0. The molecule has 0 radical (unpaired) electrons. The summed E-state index contributed by atoms with van der Waals surface area (Å²) in [5.41, 5.74) is 0.825. The van der Waals surface area contributed by atoms with Crippen molar-refractivity contribution in [3.8, 4) is 17.2 Å². The number of methoxy groups -OCH3 is 1. The van der Waals surface area contributed by atoms with Gasteiger partial charge in [0.1, 0.15) is 5.75 Å². The monoisotopic (exact) mass is 378 g/mol. The molecule has 0 heterocycles. The van der Waals surface area contributed by atoms with Crippen molar-refractivity contribution >= 4 is 5.97 Å². The van der Waals surface area contributed by atoms with Crippen LogP contribution in [-0.4, -0.2) is 18.2 Å². The summed E-state index contributed by atoms with van der Waals surface area (Å²) in [5, 5.41) is 9.93. The van der Waals surface area contributed by atoms with Gasteiger partial charge in [0.05, 0.1) is 7.11 Å². The maximum Gasteiger partial charge on any atom is 0.308 e. The molecule has 0 aliphatic rings. The third kappa shape index (κ3) is 9.69. The number of benzene rings is 1. The van der Waals surface area contributed by atoms with Gasteiger partial charge in [0, 0.05) is 18.6 Å². The third-order valence-corrected chi connectivity index (χ3v) is 4.95. The van der Waals surface area contributed by atoms with Gasteiger partial charge in [-0.15, -0.1) is 0 Å². The second-order valence-corrected chi connectivity index (χ2v) is 7.66. The van der Waals surface area contributed by atoms with E-state index in [1.807, 2.05) is 0 Å². The van der Waals surface area contributed by atoms with Crippen LogP contribution in [0.15, 0.2) is 12.1 Å². The summed E-state index contributed by atoms with van der Waals surface area (Å²) in [4.78, 5) is 11.4. The standard InChI is InChI=1S/C23H38O4/c1-5-6-7-8-9-10-11-12-13-14-18(2)15-20-16-21(25)17-22(26-4)23(20)27-19(3)24/h16-18,25H,5-15H2,1-4H3/t18-/m1/s1. The first-order chi connectivity index (χ1) is 13.0. The van der Waals surface area contributed by atoms with E-state index >= 15 is 0 Å². The fraction of sp³-hybridized carbons (Fsp3) is 0.696. The van der Waals surface area contributed by atoms with E-state index in [-0.39, 0.29) is 11.7 Å². The average molecular weight is 379 g/mol. The Morgan fingerprint density at radius 1 is 1.04 bits per heavy atom. The minimum Gasteiger partial charge on any atom is -0.508 e. The van der Waals surface area contributed by atoms with Gasteiger partial charge in [0.15, 0.2) is 11.5 Å². The van der Waals surface area contributed by atoms with Crippen LogP contribution >= 0.6 is 0 Å². The van der Waals surface area contributed by atoms with Crippen LogP contribution in [0.25, 0.3) is 0 Å². The third-order valence-electron chi connectivity index (χ3n) is 4.95. The topological polar surface area (TPSA) is 55.8 Å². The number of hydrogen-bond acceptors (Lipinski definition) is 4. The van der Waals surface area contributed by atoms with Gasteiger partial charge in [0.2, 0.25) is 0 Å². The Morgan fingerprint density at radius 3 is 2.19 bits per heavy atom. The predicted molar refractivity (Wildman–Crippen MR) is 111 cm³/mol. The molecule has 0 unspecified atom stereocenters. The number of ether oxygens (including phenoxy) is 2. The summed E-state index contributed by atoms with van der Waals surface area (Å²) < 4.78 is 10.6. The van der Waals surface area contributed by atoms with Crippen LogP contribution in [0, 0.1) is 5.92 Å². The van der Waals surface area contributed by atoms with Crippen molar-refractivity contribution in [2.75, 3.05) is 7.11 Å². The molecule has 4 nitrogen and oxygen atoms in total. The highest BCUT2D eigenvalue weighted by molar-refractivity contribution is 5.71. The molecule has 0 aliphatic heterocycles. The van der Waals surface area contributed by atoms with Crippen LogP contribution in [0.5, 0.6) is 17.2 Å². The zero-order valence-corrected chi connectivity index (χ0v) is 17.7. The molecular formula is C23H38O4. The second-order valence-electron chi connectivity index (χ2n) is 7.66. The lowest BCUT2D eigenvalue weighted by Crippen LogP contribution is -2.08. The second kappa shape index (κ2) is 13.5. The first kappa shape index (κ1) is 23.3. The Kier molecular flexibility index (Phi) is 11.6. The molecule has 27 heavy (non-hydrogen) atoms. The Hall–Kier alpha value is -1.71. The molecule has 0 saturated heterocycles. The number of aromatic hydroxyl groups is 1. The Balaban J connectivity index is 2.42.